The van der Waals surface area contributed by atoms with Crippen LogP contribution in [-0.2, 0) is 22.9 Å². The van der Waals surface area contributed by atoms with Gasteiger partial charge in [-0.2, -0.15) is 13.2 Å². The number of rotatable bonds is 8. The first-order chi connectivity index (χ1) is 18.0. The minimum Gasteiger partial charge on any atom is -0.346 e. The third-order valence-electron chi connectivity index (χ3n) is 7.50. The fraction of sp³-hybridized carbons (Fsp3) is 0.481. The van der Waals surface area contributed by atoms with Crippen LogP contribution in [0.5, 0.6) is 0 Å². The quantitative estimate of drug-likeness (QED) is 0.434. The molecule has 1 aliphatic carbocycles. The third kappa shape index (κ3) is 5.73. The molecular formula is C27H31F3N4O3S. The number of benzene rings is 1. The molecule has 3 aromatic rings. The van der Waals surface area contributed by atoms with Crippen molar-refractivity contribution in [2.24, 2.45) is 5.92 Å². The number of piperidine rings is 1. The molecule has 0 spiro atoms. The van der Waals surface area contributed by atoms with Crippen LogP contribution >= 0.6 is 0 Å². The summed E-state index contributed by atoms with van der Waals surface area (Å²) in [6.45, 7) is 3.16. The summed E-state index contributed by atoms with van der Waals surface area (Å²) < 4.78 is 65.4. The van der Waals surface area contributed by atoms with Gasteiger partial charge in [-0.05, 0) is 75.2 Å². The number of amides is 1. The van der Waals surface area contributed by atoms with E-state index in [0.29, 0.717) is 36.9 Å². The van der Waals surface area contributed by atoms with Crippen molar-refractivity contribution in [3.63, 3.8) is 0 Å². The van der Waals surface area contributed by atoms with Crippen molar-refractivity contribution in [1.82, 2.24) is 19.8 Å². The van der Waals surface area contributed by atoms with Gasteiger partial charge in [-0.1, -0.05) is 6.92 Å². The molecule has 5 rings (SSSR count). The van der Waals surface area contributed by atoms with Crippen molar-refractivity contribution in [3.05, 3.63) is 59.5 Å². The van der Waals surface area contributed by atoms with Crippen molar-refractivity contribution in [2.45, 2.75) is 62.8 Å². The molecule has 7 nitrogen and oxygen atoms in total. The predicted molar refractivity (Wildman–Crippen MR) is 137 cm³/mol. The van der Waals surface area contributed by atoms with Crippen molar-refractivity contribution < 1.29 is 26.4 Å². The van der Waals surface area contributed by atoms with E-state index in [9.17, 15) is 26.4 Å². The van der Waals surface area contributed by atoms with Crippen LogP contribution in [0.25, 0.3) is 10.9 Å². The lowest BCUT2D eigenvalue weighted by Gasteiger charge is -2.33. The van der Waals surface area contributed by atoms with Crippen LogP contribution in [-0.4, -0.2) is 53.8 Å². The standard InChI is InChI=1S/C27H31F3N4O3S/c1-2-38(36,37)24-7-4-21(31-16-24)15-32-26(35)18-3-8-25-19(13-18)14-23(34(25)22-5-6-22)17-33-11-9-20(10-12-33)27(28,29)30/h3-4,7-8,13-14,16,20,22H,2,5-6,9-12,15,17H2,1H3,(H,32,35). The molecule has 2 fully saturated rings. The Balaban J connectivity index is 1.27. The smallest absolute Gasteiger partial charge is 0.346 e. The molecular weight excluding hydrogens is 517 g/mol. The van der Waals surface area contributed by atoms with Crippen molar-refractivity contribution >= 4 is 26.6 Å². The second-order valence-electron chi connectivity index (χ2n) is 10.2. The monoisotopic (exact) mass is 548 g/mol. The van der Waals surface area contributed by atoms with E-state index in [2.05, 4.69) is 25.8 Å². The van der Waals surface area contributed by atoms with Crippen LogP contribution < -0.4 is 5.32 Å². The molecule has 0 radical (unpaired) electrons. The van der Waals surface area contributed by atoms with Gasteiger partial charge in [0.05, 0.1) is 28.8 Å². The maximum atomic E-state index is 13.1. The number of halogens is 3. The first-order valence-electron chi connectivity index (χ1n) is 12.9. The number of carbonyl (C=O) groups is 1. The Kier molecular flexibility index (Phi) is 7.25. The van der Waals surface area contributed by atoms with Gasteiger partial charge in [0.2, 0.25) is 0 Å². The van der Waals surface area contributed by atoms with Crippen LogP contribution in [0.3, 0.4) is 0 Å². The molecule has 0 bridgehead atoms. The molecule has 1 aromatic carbocycles. The topological polar surface area (TPSA) is 84.3 Å². The zero-order valence-electron chi connectivity index (χ0n) is 21.2. The van der Waals surface area contributed by atoms with Gasteiger partial charge < -0.3 is 9.88 Å². The molecule has 204 valence electrons. The molecule has 11 heteroatoms. The van der Waals surface area contributed by atoms with Gasteiger partial charge >= 0.3 is 6.18 Å². The van der Waals surface area contributed by atoms with Gasteiger partial charge in [-0.3, -0.25) is 14.7 Å². The number of nitrogens with zero attached hydrogens (tertiary/aromatic N) is 3. The zero-order chi connectivity index (χ0) is 27.1. The molecule has 3 heterocycles. The minimum absolute atomic E-state index is 0.00597. The number of nitrogens with one attached hydrogen (secondary N) is 1. The van der Waals surface area contributed by atoms with Gasteiger partial charge in [0.25, 0.3) is 5.91 Å². The number of carbonyl (C=O) groups excluding carboxylic acids is 1. The second-order valence-corrected chi connectivity index (χ2v) is 12.5. The minimum atomic E-state index is -4.12. The summed E-state index contributed by atoms with van der Waals surface area (Å²) in [6.07, 6.45) is -0.421. The van der Waals surface area contributed by atoms with Crippen LogP contribution in [0, 0.1) is 5.92 Å². The number of fused-ring (bicyclic) bond motifs is 1. The average Bonchev–Trinajstić information content (AvgIpc) is 3.67. The number of hydrogen-bond donors (Lipinski definition) is 1. The molecule has 1 saturated heterocycles. The number of sulfone groups is 1. The molecule has 2 aliphatic rings. The highest BCUT2D eigenvalue weighted by atomic mass is 32.2. The lowest BCUT2D eigenvalue weighted by Crippen LogP contribution is -2.38. The van der Waals surface area contributed by atoms with Gasteiger partial charge in [-0.25, -0.2) is 8.42 Å². The molecule has 1 N–H and O–H groups in total. The van der Waals surface area contributed by atoms with E-state index in [-0.39, 0.29) is 35.9 Å². The lowest BCUT2D eigenvalue weighted by molar-refractivity contribution is -0.185. The van der Waals surface area contributed by atoms with Gasteiger partial charge in [0.1, 0.15) is 0 Å². The van der Waals surface area contributed by atoms with E-state index in [1.807, 2.05) is 12.1 Å². The molecule has 1 aliphatic heterocycles. The summed E-state index contributed by atoms with van der Waals surface area (Å²) in [5, 5.41) is 3.76. The molecule has 1 amide bonds. The Bertz CT molecular complexity index is 1420. The van der Waals surface area contributed by atoms with E-state index < -0.39 is 21.9 Å². The van der Waals surface area contributed by atoms with Crippen LogP contribution in [0.4, 0.5) is 13.2 Å². The van der Waals surface area contributed by atoms with Crippen LogP contribution in [0.15, 0.2) is 47.5 Å². The van der Waals surface area contributed by atoms with Gasteiger partial charge in [0, 0.05) is 40.9 Å². The van der Waals surface area contributed by atoms with Crippen molar-refractivity contribution in [2.75, 3.05) is 18.8 Å². The van der Waals surface area contributed by atoms with E-state index in [4.69, 9.17) is 0 Å². The Morgan fingerprint density at radius 3 is 2.42 bits per heavy atom. The lowest BCUT2D eigenvalue weighted by atomic mass is 9.96. The fourth-order valence-corrected chi connectivity index (χ4v) is 5.93. The first kappa shape index (κ1) is 26.7. The summed E-state index contributed by atoms with van der Waals surface area (Å²) in [4.78, 5) is 19.3. The van der Waals surface area contributed by atoms with E-state index in [1.165, 1.54) is 12.3 Å². The summed E-state index contributed by atoms with van der Waals surface area (Å²) in [5.74, 6) is -1.49. The highest BCUT2D eigenvalue weighted by Gasteiger charge is 2.41. The number of alkyl halides is 3. The first-order valence-corrected chi connectivity index (χ1v) is 14.6. The molecule has 1 saturated carbocycles. The van der Waals surface area contributed by atoms with E-state index >= 15 is 0 Å². The fourth-order valence-electron chi connectivity index (χ4n) is 5.11. The Hall–Kier alpha value is -2.92. The molecule has 0 atom stereocenters. The maximum Gasteiger partial charge on any atom is 0.391 e. The van der Waals surface area contributed by atoms with E-state index in [1.54, 1.807) is 19.1 Å². The largest absolute Gasteiger partial charge is 0.391 e. The summed E-state index contributed by atoms with van der Waals surface area (Å²) in [5.41, 5.74) is 3.13. The van der Waals surface area contributed by atoms with Crippen LogP contribution in [0.1, 0.15) is 60.4 Å². The van der Waals surface area contributed by atoms with Crippen molar-refractivity contribution in [3.8, 4) is 0 Å². The molecule has 38 heavy (non-hydrogen) atoms. The average molecular weight is 549 g/mol. The maximum absolute atomic E-state index is 13.1. The normalized spacial score (nSPS) is 17.7. The third-order valence-corrected chi connectivity index (χ3v) is 9.22. The zero-order valence-corrected chi connectivity index (χ0v) is 22.0. The molecule has 2 aromatic heterocycles. The highest BCUT2D eigenvalue weighted by molar-refractivity contribution is 7.91. The Labute approximate surface area is 219 Å². The second kappa shape index (κ2) is 10.3. The van der Waals surface area contributed by atoms with Gasteiger partial charge in [-0.15, -0.1) is 0 Å². The summed E-state index contributed by atoms with van der Waals surface area (Å²) in [6, 6.07) is 11.1. The predicted octanol–water partition coefficient (Wildman–Crippen LogP) is 4.87. The number of likely N-dealkylation sites (tertiary alicyclic amines) is 1. The number of aromatic nitrogens is 2. The SMILES string of the molecule is CCS(=O)(=O)c1ccc(CNC(=O)c2ccc3c(c2)cc(CN2CCC(C(F)(F)F)CC2)n3C2CC2)nc1. The van der Waals surface area contributed by atoms with E-state index in [0.717, 1.165) is 29.4 Å². The Morgan fingerprint density at radius 2 is 1.82 bits per heavy atom. The number of hydrogen-bond acceptors (Lipinski definition) is 5. The van der Waals surface area contributed by atoms with Crippen LogP contribution in [0.2, 0.25) is 0 Å². The molecule has 0 unspecified atom stereocenters. The highest BCUT2D eigenvalue weighted by Crippen LogP contribution is 2.41. The Morgan fingerprint density at radius 1 is 1.08 bits per heavy atom. The van der Waals surface area contributed by atoms with Gasteiger partial charge in [0.15, 0.2) is 9.84 Å². The number of pyridine rings is 1. The summed E-state index contributed by atoms with van der Waals surface area (Å²) >= 11 is 0. The summed E-state index contributed by atoms with van der Waals surface area (Å²) in [7, 11) is -3.33. The van der Waals surface area contributed by atoms with Crippen molar-refractivity contribution in [1.29, 1.82) is 0 Å².